The molecule has 0 spiro atoms. The Morgan fingerprint density at radius 3 is 2.86 bits per heavy atom. The lowest BCUT2D eigenvalue weighted by molar-refractivity contribution is -0.125. The minimum absolute atomic E-state index is 0.0801. The van der Waals surface area contributed by atoms with Crippen molar-refractivity contribution in [2.45, 2.75) is 39.0 Å². The van der Waals surface area contributed by atoms with Crippen molar-refractivity contribution in [1.29, 1.82) is 0 Å². The molecule has 0 bridgehead atoms. The fourth-order valence-electron chi connectivity index (χ4n) is 3.03. The number of halogens is 2. The van der Waals surface area contributed by atoms with Crippen molar-refractivity contribution in [2.24, 2.45) is 5.92 Å². The van der Waals surface area contributed by atoms with E-state index in [1.54, 1.807) is 38.2 Å². The van der Waals surface area contributed by atoms with Crippen LogP contribution in [0, 0.1) is 11.7 Å². The van der Waals surface area contributed by atoms with Gasteiger partial charge in [-0.25, -0.2) is 4.39 Å². The Kier molecular flexibility index (Phi) is 6.26. The Hall–Kier alpha value is -2.51. The minimum atomic E-state index is -0.703. The van der Waals surface area contributed by atoms with E-state index >= 15 is 0 Å². The second kappa shape index (κ2) is 8.67. The van der Waals surface area contributed by atoms with Gasteiger partial charge in [-0.15, -0.1) is 0 Å². The number of benzene rings is 1. The van der Waals surface area contributed by atoms with Crippen LogP contribution >= 0.6 is 11.6 Å². The number of hydrogen-bond acceptors (Lipinski definition) is 4. The van der Waals surface area contributed by atoms with E-state index in [1.165, 1.54) is 12.3 Å². The monoisotopic (exact) mass is 404 g/mol. The average molecular weight is 405 g/mol. The standard InChI is InChI=1S/C20H22ClFN4O2/c1-11(2)20(28)24-8-12-3-4-16(22)15(5-12)19-25-17(7-18(27)26-19)13-6-14(21)10-23-9-13/h3-6,9-11,17,19,25H,7-8H2,1-2H3,(H,24,28)(H,26,27). The van der Waals surface area contributed by atoms with Crippen molar-refractivity contribution >= 4 is 23.4 Å². The molecule has 1 aromatic carbocycles. The highest BCUT2D eigenvalue weighted by Gasteiger charge is 2.29. The van der Waals surface area contributed by atoms with E-state index in [1.807, 2.05) is 0 Å². The number of nitrogens with one attached hydrogen (secondary N) is 3. The van der Waals surface area contributed by atoms with Crippen molar-refractivity contribution in [3.05, 3.63) is 64.2 Å². The second-order valence-electron chi connectivity index (χ2n) is 7.09. The zero-order valence-corrected chi connectivity index (χ0v) is 16.4. The molecule has 2 amide bonds. The molecular weight excluding hydrogens is 383 g/mol. The maximum atomic E-state index is 14.5. The Bertz CT molecular complexity index is 890. The van der Waals surface area contributed by atoms with Crippen molar-refractivity contribution in [2.75, 3.05) is 0 Å². The van der Waals surface area contributed by atoms with Gasteiger partial charge in [0.15, 0.2) is 0 Å². The van der Waals surface area contributed by atoms with Gasteiger partial charge in [-0.05, 0) is 29.3 Å². The summed E-state index contributed by atoms with van der Waals surface area (Å²) in [5.41, 5.74) is 1.81. The predicted molar refractivity (Wildman–Crippen MR) is 104 cm³/mol. The maximum absolute atomic E-state index is 14.5. The summed E-state index contributed by atoms with van der Waals surface area (Å²) in [5, 5.41) is 9.28. The molecule has 3 rings (SSSR count). The Balaban J connectivity index is 1.80. The molecule has 2 aromatic rings. The number of aromatic nitrogens is 1. The molecule has 0 radical (unpaired) electrons. The van der Waals surface area contributed by atoms with E-state index in [9.17, 15) is 14.0 Å². The van der Waals surface area contributed by atoms with Crippen LogP contribution in [0.1, 0.15) is 49.2 Å². The van der Waals surface area contributed by atoms with Gasteiger partial charge in [0.1, 0.15) is 12.0 Å². The molecule has 8 heteroatoms. The number of amides is 2. The summed E-state index contributed by atoms with van der Waals surface area (Å²) < 4.78 is 14.5. The average Bonchev–Trinajstić information content (AvgIpc) is 2.66. The van der Waals surface area contributed by atoms with E-state index in [2.05, 4.69) is 20.9 Å². The molecule has 6 nitrogen and oxygen atoms in total. The quantitative estimate of drug-likeness (QED) is 0.715. The molecule has 148 valence electrons. The molecule has 2 atom stereocenters. The highest BCUT2D eigenvalue weighted by atomic mass is 35.5. The topological polar surface area (TPSA) is 83.1 Å². The van der Waals surface area contributed by atoms with Crippen molar-refractivity contribution in [3.63, 3.8) is 0 Å². The van der Waals surface area contributed by atoms with Crippen LogP contribution in [0.3, 0.4) is 0 Å². The third-order valence-corrected chi connectivity index (χ3v) is 4.76. The number of carbonyl (C=O) groups excluding carboxylic acids is 2. The van der Waals surface area contributed by atoms with Crippen LogP contribution in [0.4, 0.5) is 4.39 Å². The molecule has 2 heterocycles. The molecule has 1 aromatic heterocycles. The van der Waals surface area contributed by atoms with Gasteiger partial charge in [0.2, 0.25) is 11.8 Å². The predicted octanol–water partition coefficient (Wildman–Crippen LogP) is 3.00. The number of rotatable bonds is 5. The molecular formula is C20H22ClFN4O2. The van der Waals surface area contributed by atoms with Crippen LogP contribution in [0.5, 0.6) is 0 Å². The summed E-state index contributed by atoms with van der Waals surface area (Å²) in [6.07, 6.45) is 2.64. The van der Waals surface area contributed by atoms with Gasteiger partial charge in [0.25, 0.3) is 0 Å². The lowest BCUT2D eigenvalue weighted by atomic mass is 9.99. The first kappa shape index (κ1) is 20.2. The molecule has 0 aliphatic carbocycles. The summed E-state index contributed by atoms with van der Waals surface area (Å²) in [4.78, 5) is 28.0. The molecule has 1 fully saturated rings. The first-order chi connectivity index (χ1) is 13.3. The molecule has 1 aliphatic heterocycles. The van der Waals surface area contributed by atoms with Crippen molar-refractivity contribution < 1.29 is 14.0 Å². The van der Waals surface area contributed by atoms with Crippen LogP contribution in [-0.4, -0.2) is 16.8 Å². The molecule has 2 unspecified atom stereocenters. The summed E-state index contributed by atoms with van der Waals surface area (Å²) in [7, 11) is 0. The normalized spacial score (nSPS) is 19.4. The third-order valence-electron chi connectivity index (χ3n) is 4.55. The summed E-state index contributed by atoms with van der Waals surface area (Å²) >= 11 is 6.00. The molecule has 1 aliphatic rings. The lowest BCUT2D eigenvalue weighted by Gasteiger charge is -2.32. The smallest absolute Gasteiger partial charge is 0.223 e. The zero-order valence-electron chi connectivity index (χ0n) is 15.6. The van der Waals surface area contributed by atoms with E-state index in [0.29, 0.717) is 10.6 Å². The van der Waals surface area contributed by atoms with Crippen LogP contribution in [-0.2, 0) is 16.1 Å². The van der Waals surface area contributed by atoms with Gasteiger partial charge >= 0.3 is 0 Å². The minimum Gasteiger partial charge on any atom is -0.352 e. The number of nitrogens with zero attached hydrogens (tertiary/aromatic N) is 1. The van der Waals surface area contributed by atoms with E-state index in [4.69, 9.17) is 11.6 Å². The van der Waals surface area contributed by atoms with Crippen LogP contribution < -0.4 is 16.0 Å². The fourth-order valence-corrected chi connectivity index (χ4v) is 3.21. The summed E-state index contributed by atoms with van der Waals surface area (Å²) in [6.45, 7) is 3.89. The Morgan fingerprint density at radius 2 is 2.14 bits per heavy atom. The van der Waals surface area contributed by atoms with Gasteiger partial charge in [-0.3, -0.25) is 19.9 Å². The fraction of sp³-hybridized carbons (Fsp3) is 0.350. The number of pyridine rings is 1. The van der Waals surface area contributed by atoms with E-state index in [-0.39, 0.29) is 36.7 Å². The van der Waals surface area contributed by atoms with Crippen molar-refractivity contribution in [3.8, 4) is 0 Å². The first-order valence-corrected chi connectivity index (χ1v) is 9.43. The second-order valence-corrected chi connectivity index (χ2v) is 7.53. The molecule has 28 heavy (non-hydrogen) atoms. The maximum Gasteiger partial charge on any atom is 0.223 e. The highest BCUT2D eigenvalue weighted by Crippen LogP contribution is 2.28. The van der Waals surface area contributed by atoms with Crippen molar-refractivity contribution in [1.82, 2.24) is 20.9 Å². The van der Waals surface area contributed by atoms with E-state index < -0.39 is 12.0 Å². The third kappa shape index (κ3) is 4.85. The Labute approximate surface area is 167 Å². The molecule has 1 saturated heterocycles. The lowest BCUT2D eigenvalue weighted by Crippen LogP contribution is -2.47. The van der Waals surface area contributed by atoms with E-state index in [0.717, 1.165) is 11.1 Å². The molecule has 3 N–H and O–H groups in total. The first-order valence-electron chi connectivity index (χ1n) is 9.05. The summed E-state index contributed by atoms with van der Waals surface area (Å²) in [5.74, 6) is -0.858. The highest BCUT2D eigenvalue weighted by molar-refractivity contribution is 6.30. The van der Waals surface area contributed by atoms with Crippen LogP contribution in [0.15, 0.2) is 36.7 Å². The van der Waals surface area contributed by atoms with Crippen LogP contribution in [0.2, 0.25) is 5.02 Å². The Morgan fingerprint density at radius 1 is 1.36 bits per heavy atom. The SMILES string of the molecule is CC(C)C(=O)NCc1ccc(F)c(C2NC(=O)CC(c3cncc(Cl)c3)N2)c1. The number of hydrogen-bond donors (Lipinski definition) is 3. The largest absolute Gasteiger partial charge is 0.352 e. The van der Waals surface area contributed by atoms with Gasteiger partial charge in [-0.1, -0.05) is 31.5 Å². The summed E-state index contributed by atoms with van der Waals surface area (Å²) in [6, 6.07) is 5.99. The van der Waals surface area contributed by atoms with Gasteiger partial charge in [-0.2, -0.15) is 0 Å². The van der Waals surface area contributed by atoms with Gasteiger partial charge in [0.05, 0.1) is 5.02 Å². The number of carbonyl (C=O) groups is 2. The van der Waals surface area contributed by atoms with Crippen LogP contribution in [0.25, 0.3) is 0 Å². The van der Waals surface area contributed by atoms with Gasteiger partial charge in [0, 0.05) is 42.9 Å². The molecule has 0 saturated carbocycles. The zero-order chi connectivity index (χ0) is 20.3. The van der Waals surface area contributed by atoms with Gasteiger partial charge < -0.3 is 10.6 Å².